The fourth-order valence-electron chi connectivity index (χ4n) is 2.81. The molecule has 0 saturated carbocycles. The standard InChI is InChI=1S/C14H22O.C13H19O.W/c1-4-6-9-13-10-7-8-11-14(13)15-12(3)5-2;1-4-8-12-9-6-7-10-13(12)14-11(3)5-2;/h7-8,10-12H,4-6,9H2,1-3H3;6-7,9-11H,1,4-5,8H2,2-3H3;/q;-1;/t12-;11-;/m10./s1. The molecule has 2 nitrogen and oxygen atoms in total. The second kappa shape index (κ2) is 17.4. The monoisotopic (exact) mass is 581 g/mol. The zero-order valence-electron chi connectivity index (χ0n) is 19.7. The molecule has 0 unspecified atom stereocenters. The minimum atomic E-state index is 0. The van der Waals surface area contributed by atoms with E-state index >= 15 is 0 Å². The smallest absolute Gasteiger partial charge is 0.122 e. The zero-order valence-corrected chi connectivity index (χ0v) is 22.6. The second-order valence-corrected chi connectivity index (χ2v) is 7.60. The first-order valence-corrected chi connectivity index (χ1v) is 11.3. The van der Waals surface area contributed by atoms with Crippen molar-refractivity contribution in [1.82, 2.24) is 0 Å². The summed E-state index contributed by atoms with van der Waals surface area (Å²) < 4.78 is 11.7. The molecule has 2 aromatic carbocycles. The van der Waals surface area contributed by atoms with Crippen LogP contribution < -0.4 is 9.47 Å². The van der Waals surface area contributed by atoms with Gasteiger partial charge in [-0.05, 0) is 62.8 Å². The average molecular weight is 581 g/mol. The van der Waals surface area contributed by atoms with Crippen LogP contribution in [0.1, 0.15) is 77.8 Å². The van der Waals surface area contributed by atoms with Crippen molar-refractivity contribution < 1.29 is 30.5 Å². The Hall–Kier alpha value is -1.27. The van der Waals surface area contributed by atoms with Gasteiger partial charge in [0.15, 0.2) is 0 Å². The second-order valence-electron chi connectivity index (χ2n) is 7.60. The molecule has 0 amide bonds. The largest absolute Gasteiger partial charge is 0.490 e. The minimum absolute atomic E-state index is 0. The van der Waals surface area contributed by atoms with Crippen molar-refractivity contribution in [3.8, 4) is 11.5 Å². The maximum atomic E-state index is 5.89. The van der Waals surface area contributed by atoms with Gasteiger partial charge >= 0.3 is 0 Å². The number of benzene rings is 2. The predicted octanol–water partition coefficient (Wildman–Crippen LogP) is 7.83. The maximum absolute atomic E-state index is 5.89. The molecule has 0 aliphatic rings. The first kappa shape index (κ1) is 28.7. The van der Waals surface area contributed by atoms with Gasteiger partial charge in [-0.15, -0.1) is 0 Å². The van der Waals surface area contributed by atoms with E-state index in [1.165, 1.54) is 24.0 Å². The summed E-state index contributed by atoms with van der Waals surface area (Å²) in [5, 5.41) is 0. The molecule has 30 heavy (non-hydrogen) atoms. The van der Waals surface area contributed by atoms with Gasteiger partial charge in [-0.2, -0.15) is 6.42 Å². The van der Waals surface area contributed by atoms with Crippen LogP contribution in [0.3, 0.4) is 0 Å². The van der Waals surface area contributed by atoms with Gasteiger partial charge in [-0.25, -0.2) is 0 Å². The molecule has 0 saturated heterocycles. The van der Waals surface area contributed by atoms with Gasteiger partial charge in [0.1, 0.15) is 11.5 Å². The molecule has 2 aromatic rings. The number of rotatable bonds is 11. The summed E-state index contributed by atoms with van der Waals surface area (Å²) in [6.07, 6.45) is 8.21. The molecule has 3 heteroatoms. The minimum Gasteiger partial charge on any atom is -0.490 e. The van der Waals surface area contributed by atoms with Crippen LogP contribution in [0, 0.1) is 6.92 Å². The first-order chi connectivity index (χ1) is 14.0. The van der Waals surface area contributed by atoms with E-state index < -0.39 is 0 Å². The van der Waals surface area contributed by atoms with Crippen LogP contribution in [0.5, 0.6) is 11.5 Å². The van der Waals surface area contributed by atoms with E-state index in [1.54, 1.807) is 0 Å². The number of ether oxygens (including phenoxy) is 2. The fraction of sp³-hybridized carbons (Fsp3) is 0.519. The van der Waals surface area contributed by atoms with Crippen LogP contribution in [-0.2, 0) is 33.9 Å². The van der Waals surface area contributed by atoms with Crippen molar-refractivity contribution in [2.75, 3.05) is 0 Å². The molecule has 0 aliphatic heterocycles. The van der Waals surface area contributed by atoms with E-state index in [-0.39, 0.29) is 21.1 Å². The van der Waals surface area contributed by atoms with Crippen LogP contribution in [0.4, 0.5) is 0 Å². The van der Waals surface area contributed by atoms with E-state index in [1.807, 2.05) is 18.2 Å². The SMILES string of the molecule is CCCCc1ccccc1O[C@H](C)CC.[CH2-]CCc1ccccc1O[C@@H](C)CC.[W]. The first-order valence-electron chi connectivity index (χ1n) is 11.3. The molecule has 0 fully saturated rings. The Morgan fingerprint density at radius 2 is 1.17 bits per heavy atom. The van der Waals surface area contributed by atoms with Crippen molar-refractivity contribution in [2.45, 2.75) is 91.8 Å². The molecule has 2 rings (SSSR count). The van der Waals surface area contributed by atoms with Gasteiger partial charge in [0.05, 0.1) is 12.2 Å². The van der Waals surface area contributed by atoms with Crippen LogP contribution in [0.2, 0.25) is 0 Å². The van der Waals surface area contributed by atoms with E-state index in [4.69, 9.17) is 9.47 Å². The fourth-order valence-corrected chi connectivity index (χ4v) is 2.81. The Labute approximate surface area is 200 Å². The van der Waals surface area contributed by atoms with E-state index in [0.29, 0.717) is 12.2 Å². The zero-order chi connectivity index (χ0) is 21.5. The Bertz CT molecular complexity index is 671. The average Bonchev–Trinajstić information content (AvgIpc) is 2.75. The summed E-state index contributed by atoms with van der Waals surface area (Å²) in [5.74, 6) is 2.09. The molecule has 2 atom stereocenters. The van der Waals surface area contributed by atoms with Gasteiger partial charge in [-0.1, -0.05) is 70.0 Å². The number of unbranched alkanes of at least 4 members (excludes halogenated alkanes) is 1. The maximum Gasteiger partial charge on any atom is 0.122 e. The molecule has 0 aliphatic carbocycles. The quantitative estimate of drug-likeness (QED) is 0.252. The van der Waals surface area contributed by atoms with Crippen molar-refractivity contribution in [3.63, 3.8) is 0 Å². The normalized spacial score (nSPS) is 12.1. The summed E-state index contributed by atoms with van der Waals surface area (Å²) in [4.78, 5) is 0. The van der Waals surface area contributed by atoms with E-state index in [9.17, 15) is 0 Å². The number of hydrogen-bond donors (Lipinski definition) is 0. The van der Waals surface area contributed by atoms with Gasteiger partial charge in [-0.3, -0.25) is 0 Å². The summed E-state index contributed by atoms with van der Waals surface area (Å²) in [7, 11) is 0. The molecule has 168 valence electrons. The molecule has 0 heterocycles. The Balaban J connectivity index is 0.000000544. The Kier molecular flexibility index (Phi) is 16.7. The topological polar surface area (TPSA) is 18.5 Å². The van der Waals surface area contributed by atoms with Gasteiger partial charge < -0.3 is 16.4 Å². The molecule has 0 bridgehead atoms. The Morgan fingerprint density at radius 1 is 0.733 bits per heavy atom. The van der Waals surface area contributed by atoms with Crippen LogP contribution in [-0.4, -0.2) is 12.2 Å². The summed E-state index contributed by atoms with van der Waals surface area (Å²) >= 11 is 0. The van der Waals surface area contributed by atoms with Gasteiger partial charge in [0, 0.05) is 21.1 Å². The van der Waals surface area contributed by atoms with Crippen LogP contribution >= 0.6 is 0 Å². The van der Waals surface area contributed by atoms with Crippen molar-refractivity contribution in [1.29, 1.82) is 0 Å². The van der Waals surface area contributed by atoms with E-state index in [2.05, 4.69) is 71.9 Å². The molecule has 0 spiro atoms. The molecule has 0 N–H and O–H groups in total. The molecule has 0 radical (unpaired) electrons. The molecule has 0 aromatic heterocycles. The third-order valence-electron chi connectivity index (χ3n) is 5.00. The van der Waals surface area contributed by atoms with Crippen molar-refractivity contribution >= 4 is 0 Å². The van der Waals surface area contributed by atoms with Gasteiger partial charge in [0.2, 0.25) is 0 Å². The summed E-state index contributed by atoms with van der Waals surface area (Å²) in [6.45, 7) is 14.6. The Morgan fingerprint density at radius 3 is 1.57 bits per heavy atom. The van der Waals surface area contributed by atoms with Crippen molar-refractivity contribution in [3.05, 3.63) is 66.6 Å². The summed E-state index contributed by atoms with van der Waals surface area (Å²) in [6, 6.07) is 16.6. The third-order valence-corrected chi connectivity index (χ3v) is 5.00. The third kappa shape index (κ3) is 11.2. The van der Waals surface area contributed by atoms with Crippen molar-refractivity contribution in [2.24, 2.45) is 0 Å². The van der Waals surface area contributed by atoms with E-state index in [0.717, 1.165) is 43.6 Å². The van der Waals surface area contributed by atoms with Gasteiger partial charge in [0.25, 0.3) is 0 Å². The summed E-state index contributed by atoms with van der Waals surface area (Å²) in [5.41, 5.74) is 2.61. The van der Waals surface area contributed by atoms with Crippen LogP contribution in [0.15, 0.2) is 48.5 Å². The predicted molar refractivity (Wildman–Crippen MR) is 126 cm³/mol. The molecular weight excluding hydrogens is 540 g/mol. The number of aryl methyl sites for hydroxylation is 2. The number of hydrogen-bond acceptors (Lipinski definition) is 2. The van der Waals surface area contributed by atoms with Crippen LogP contribution in [0.25, 0.3) is 0 Å². The number of para-hydroxylation sites is 2. The molecular formula is C27H41O2W-.